The Morgan fingerprint density at radius 1 is 1.05 bits per heavy atom. The van der Waals surface area contributed by atoms with Crippen LogP contribution >= 0.6 is 12.4 Å². The number of hydrogen-bond acceptors (Lipinski definition) is 2. The van der Waals surface area contributed by atoms with Crippen LogP contribution in [0.15, 0.2) is 48.5 Å². The fourth-order valence-corrected chi connectivity index (χ4v) is 1.86. The molecule has 2 rings (SSSR count). The van der Waals surface area contributed by atoms with Gasteiger partial charge in [0.05, 0.1) is 0 Å². The van der Waals surface area contributed by atoms with Crippen LogP contribution in [-0.2, 0) is 6.61 Å². The zero-order valence-electron chi connectivity index (χ0n) is 11.6. The van der Waals surface area contributed by atoms with Gasteiger partial charge in [0.1, 0.15) is 12.4 Å². The van der Waals surface area contributed by atoms with E-state index in [4.69, 9.17) is 10.5 Å². The predicted molar refractivity (Wildman–Crippen MR) is 82.0 cm³/mol. The molecule has 0 aliphatic heterocycles. The van der Waals surface area contributed by atoms with Crippen LogP contribution in [0.3, 0.4) is 0 Å². The van der Waals surface area contributed by atoms with E-state index in [2.05, 4.69) is 0 Å². The summed E-state index contributed by atoms with van der Waals surface area (Å²) in [5.74, 6) is 0.416. The van der Waals surface area contributed by atoms with Crippen molar-refractivity contribution in [3.05, 3.63) is 65.2 Å². The largest absolute Gasteiger partial charge is 0.489 e. The molecule has 0 radical (unpaired) electrons. The van der Waals surface area contributed by atoms with E-state index in [1.54, 1.807) is 13.0 Å². The smallest absolute Gasteiger partial charge is 0.263 e. The van der Waals surface area contributed by atoms with Crippen LogP contribution < -0.4 is 10.5 Å². The van der Waals surface area contributed by atoms with Gasteiger partial charge in [0.25, 0.3) is 6.43 Å². The van der Waals surface area contributed by atoms with E-state index in [1.807, 2.05) is 30.3 Å². The zero-order valence-corrected chi connectivity index (χ0v) is 12.4. The van der Waals surface area contributed by atoms with E-state index >= 15 is 0 Å². The molecule has 0 heterocycles. The third-order valence-electron chi connectivity index (χ3n) is 2.98. The third-order valence-corrected chi connectivity index (χ3v) is 2.98. The lowest BCUT2D eigenvalue weighted by molar-refractivity contribution is 0.150. The molecule has 1 atom stereocenters. The van der Waals surface area contributed by atoms with Crippen LogP contribution in [0, 0.1) is 0 Å². The molecule has 2 nitrogen and oxygen atoms in total. The van der Waals surface area contributed by atoms with Gasteiger partial charge in [-0.05, 0) is 36.2 Å². The van der Waals surface area contributed by atoms with Crippen molar-refractivity contribution in [3.8, 4) is 5.75 Å². The van der Waals surface area contributed by atoms with Crippen molar-refractivity contribution >= 4 is 12.4 Å². The Morgan fingerprint density at radius 3 is 2.24 bits per heavy atom. The molecule has 0 amide bonds. The first-order chi connectivity index (χ1) is 9.56. The van der Waals surface area contributed by atoms with E-state index < -0.39 is 6.43 Å². The predicted octanol–water partition coefficient (Wildman–Crippen LogP) is 4.64. The molecule has 0 bridgehead atoms. The van der Waals surface area contributed by atoms with E-state index in [0.717, 1.165) is 5.56 Å². The second-order valence-corrected chi connectivity index (χ2v) is 4.70. The molecule has 5 heteroatoms. The van der Waals surface area contributed by atoms with Gasteiger partial charge in [-0.3, -0.25) is 0 Å². The maximum atomic E-state index is 12.9. The molecule has 0 fully saturated rings. The summed E-state index contributed by atoms with van der Waals surface area (Å²) in [7, 11) is 0. The van der Waals surface area contributed by atoms with Crippen molar-refractivity contribution in [2.24, 2.45) is 5.73 Å². The fraction of sp³-hybridized carbons (Fsp3) is 0.250. The summed E-state index contributed by atoms with van der Waals surface area (Å²) in [6.45, 7) is 2.09. The SMILES string of the molecule is C[C@@H](N)c1cc(OCc2ccccc2)cc(C(F)F)c1.Cl. The summed E-state index contributed by atoms with van der Waals surface area (Å²) in [5.41, 5.74) is 7.32. The van der Waals surface area contributed by atoms with Gasteiger partial charge >= 0.3 is 0 Å². The summed E-state index contributed by atoms with van der Waals surface area (Å²) in [5, 5.41) is 0. The number of hydrogen-bond donors (Lipinski definition) is 1. The molecule has 0 saturated heterocycles. The van der Waals surface area contributed by atoms with Gasteiger partial charge in [0, 0.05) is 11.6 Å². The first-order valence-electron chi connectivity index (χ1n) is 6.41. The monoisotopic (exact) mass is 313 g/mol. The topological polar surface area (TPSA) is 35.2 Å². The molecular formula is C16H18ClF2NO. The maximum absolute atomic E-state index is 12.9. The lowest BCUT2D eigenvalue weighted by atomic mass is 10.1. The molecule has 0 saturated carbocycles. The second-order valence-electron chi connectivity index (χ2n) is 4.70. The Bertz CT molecular complexity index is 535. The standard InChI is InChI=1S/C16H17F2NO.ClH/c1-11(19)13-7-14(16(17)18)9-15(8-13)20-10-12-5-3-2-4-6-12;/h2-9,11,16H,10,19H2,1H3;1H/t11-;/m1./s1. The van der Waals surface area contributed by atoms with Crippen LogP contribution in [0.1, 0.15) is 36.1 Å². The Labute approximate surface area is 129 Å². The summed E-state index contributed by atoms with van der Waals surface area (Å²) < 4.78 is 31.3. The van der Waals surface area contributed by atoms with E-state index in [1.165, 1.54) is 12.1 Å². The number of nitrogens with two attached hydrogens (primary N) is 1. The van der Waals surface area contributed by atoms with Crippen LogP contribution in [0.4, 0.5) is 8.78 Å². The Morgan fingerprint density at radius 2 is 1.67 bits per heavy atom. The molecule has 2 N–H and O–H groups in total. The molecule has 114 valence electrons. The van der Waals surface area contributed by atoms with Gasteiger partial charge in [-0.15, -0.1) is 12.4 Å². The van der Waals surface area contributed by atoms with Crippen molar-refractivity contribution in [1.82, 2.24) is 0 Å². The van der Waals surface area contributed by atoms with Crippen LogP contribution in [0.5, 0.6) is 5.75 Å². The van der Waals surface area contributed by atoms with Crippen molar-refractivity contribution < 1.29 is 13.5 Å². The Balaban J connectivity index is 0.00000220. The van der Waals surface area contributed by atoms with Crippen LogP contribution in [0.2, 0.25) is 0 Å². The van der Waals surface area contributed by atoms with Gasteiger partial charge in [-0.25, -0.2) is 8.78 Å². The van der Waals surface area contributed by atoms with E-state index in [9.17, 15) is 8.78 Å². The van der Waals surface area contributed by atoms with Crippen molar-refractivity contribution in [3.63, 3.8) is 0 Å². The highest BCUT2D eigenvalue weighted by Gasteiger charge is 2.12. The van der Waals surface area contributed by atoms with Gasteiger partial charge in [0.2, 0.25) is 0 Å². The number of rotatable bonds is 5. The maximum Gasteiger partial charge on any atom is 0.263 e. The van der Waals surface area contributed by atoms with Gasteiger partial charge in [-0.2, -0.15) is 0 Å². The molecule has 0 aromatic heterocycles. The van der Waals surface area contributed by atoms with Crippen molar-refractivity contribution in [2.75, 3.05) is 0 Å². The Kier molecular flexibility index (Phi) is 6.59. The number of halogens is 3. The highest BCUT2D eigenvalue weighted by atomic mass is 35.5. The molecular weight excluding hydrogens is 296 g/mol. The first kappa shape index (κ1) is 17.4. The third kappa shape index (κ3) is 4.99. The van der Waals surface area contributed by atoms with Crippen molar-refractivity contribution in [1.29, 1.82) is 0 Å². The first-order valence-corrected chi connectivity index (χ1v) is 6.41. The minimum atomic E-state index is -2.53. The summed E-state index contributed by atoms with van der Waals surface area (Å²) >= 11 is 0. The average molecular weight is 314 g/mol. The normalized spacial score (nSPS) is 11.9. The van der Waals surface area contributed by atoms with Crippen LogP contribution in [-0.4, -0.2) is 0 Å². The zero-order chi connectivity index (χ0) is 14.5. The van der Waals surface area contributed by atoms with E-state index in [0.29, 0.717) is 17.9 Å². The number of ether oxygens (including phenoxy) is 1. The lowest BCUT2D eigenvalue weighted by Gasteiger charge is -2.13. The second kappa shape index (κ2) is 7.96. The molecule has 2 aromatic rings. The highest BCUT2D eigenvalue weighted by molar-refractivity contribution is 5.85. The summed E-state index contributed by atoms with van der Waals surface area (Å²) in [4.78, 5) is 0. The fourth-order valence-electron chi connectivity index (χ4n) is 1.86. The Hall–Kier alpha value is -1.65. The molecule has 0 unspecified atom stereocenters. The van der Waals surface area contributed by atoms with Crippen molar-refractivity contribution in [2.45, 2.75) is 26.0 Å². The number of benzene rings is 2. The number of alkyl halides is 2. The minimum Gasteiger partial charge on any atom is -0.489 e. The quantitative estimate of drug-likeness (QED) is 0.872. The highest BCUT2D eigenvalue weighted by Crippen LogP contribution is 2.28. The lowest BCUT2D eigenvalue weighted by Crippen LogP contribution is -2.06. The summed E-state index contributed by atoms with van der Waals surface area (Å²) in [6.07, 6.45) is -2.53. The van der Waals surface area contributed by atoms with E-state index in [-0.39, 0.29) is 24.0 Å². The van der Waals surface area contributed by atoms with Gasteiger partial charge in [0.15, 0.2) is 0 Å². The van der Waals surface area contributed by atoms with Gasteiger partial charge < -0.3 is 10.5 Å². The summed E-state index contributed by atoms with van der Waals surface area (Å²) in [6, 6.07) is 13.7. The molecule has 0 spiro atoms. The molecule has 0 aliphatic rings. The van der Waals surface area contributed by atoms with Gasteiger partial charge in [-0.1, -0.05) is 30.3 Å². The molecule has 21 heavy (non-hydrogen) atoms. The minimum absolute atomic E-state index is 0. The molecule has 0 aliphatic carbocycles. The average Bonchev–Trinajstić information content (AvgIpc) is 2.45. The molecule has 2 aromatic carbocycles. The van der Waals surface area contributed by atoms with Crippen LogP contribution in [0.25, 0.3) is 0 Å².